The molecule has 10 heteroatoms. The van der Waals surface area contributed by atoms with Gasteiger partial charge < -0.3 is 24.1 Å². The molecule has 374 valence electrons. The van der Waals surface area contributed by atoms with E-state index in [1.807, 2.05) is 79.7 Å². The van der Waals surface area contributed by atoms with Crippen LogP contribution in [-0.4, -0.2) is 54.7 Å². The Bertz CT molecular complexity index is 2580. The highest BCUT2D eigenvalue weighted by Crippen LogP contribution is 2.67. The standard InChI is InChI=1S/C61H71NO9/c1-39(19-30-54(65)68-8)48-28-29-50-57-49(31-34-61(48,50)7)60(6,36-40(2)70-58(67)47(37-62)56(43-15-11-9-12-16-43)44-17-13-10-14-18-44)33-32-53(57)71-55(66)38-69-46-26-22-42(23-27-46)52(64)35-51(63)41-20-24-45(25-21-41)59(3,4)5/h9-18,20-27,35,39-40,48-50,53,57,64H,19,28-34,36,38H2,1-8H3/t39?,40?,48?,49?,50-,53-,57-,60?,61?/m0/s1. The fourth-order valence-corrected chi connectivity index (χ4v) is 12.7. The molecule has 0 saturated heterocycles. The van der Waals surface area contributed by atoms with Crippen LogP contribution in [0, 0.1) is 51.8 Å². The first kappa shape index (κ1) is 52.4. The summed E-state index contributed by atoms with van der Waals surface area (Å²) in [5.41, 5.74) is 3.66. The van der Waals surface area contributed by atoms with E-state index in [1.54, 1.807) is 36.4 Å². The Morgan fingerprint density at radius 3 is 1.99 bits per heavy atom. The number of nitriles is 1. The predicted octanol–water partition coefficient (Wildman–Crippen LogP) is 12.9. The molecule has 9 atom stereocenters. The molecule has 0 aromatic heterocycles. The number of carbonyl (C=O) groups is 4. The maximum Gasteiger partial charge on any atom is 0.349 e. The van der Waals surface area contributed by atoms with E-state index >= 15 is 0 Å². The van der Waals surface area contributed by atoms with E-state index in [9.17, 15) is 29.5 Å². The molecule has 3 saturated carbocycles. The van der Waals surface area contributed by atoms with E-state index in [-0.39, 0.29) is 69.8 Å². The summed E-state index contributed by atoms with van der Waals surface area (Å²) in [6.45, 7) is 14.9. The van der Waals surface area contributed by atoms with Crippen molar-refractivity contribution in [2.24, 2.45) is 40.4 Å². The number of allylic oxidation sites excluding steroid dienone is 1. The highest BCUT2D eigenvalue weighted by molar-refractivity contribution is 6.08. The second-order valence-electron chi connectivity index (χ2n) is 21.9. The molecule has 3 aliphatic carbocycles. The van der Waals surface area contributed by atoms with Gasteiger partial charge >= 0.3 is 17.9 Å². The highest BCUT2D eigenvalue weighted by atomic mass is 16.6. The average molecular weight is 962 g/mol. The quantitative estimate of drug-likeness (QED) is 0.0271. The van der Waals surface area contributed by atoms with Gasteiger partial charge in [-0.25, -0.2) is 9.59 Å². The van der Waals surface area contributed by atoms with Gasteiger partial charge in [0.1, 0.15) is 29.3 Å². The van der Waals surface area contributed by atoms with Gasteiger partial charge in [-0.3, -0.25) is 9.59 Å². The normalized spacial score (nSPS) is 24.7. The molecule has 0 aliphatic heterocycles. The van der Waals surface area contributed by atoms with Gasteiger partial charge in [-0.2, -0.15) is 5.26 Å². The molecule has 6 unspecified atom stereocenters. The van der Waals surface area contributed by atoms with Crippen molar-refractivity contribution in [1.29, 1.82) is 5.26 Å². The van der Waals surface area contributed by atoms with Crippen LogP contribution in [0.15, 0.2) is 121 Å². The van der Waals surface area contributed by atoms with Crippen molar-refractivity contribution in [1.82, 2.24) is 0 Å². The number of hydrogen-bond donors (Lipinski definition) is 1. The molecular weight excluding hydrogens is 891 g/mol. The highest BCUT2D eigenvalue weighted by Gasteiger charge is 2.61. The zero-order valence-corrected chi connectivity index (χ0v) is 42.7. The smallest absolute Gasteiger partial charge is 0.349 e. The monoisotopic (exact) mass is 962 g/mol. The summed E-state index contributed by atoms with van der Waals surface area (Å²) in [5.74, 6) is -0.230. The number of carbonyl (C=O) groups excluding carboxylic acids is 4. The van der Waals surface area contributed by atoms with Crippen LogP contribution in [0.2, 0.25) is 0 Å². The third-order valence-electron chi connectivity index (χ3n) is 16.3. The Morgan fingerprint density at radius 1 is 0.775 bits per heavy atom. The second kappa shape index (κ2) is 22.3. The largest absolute Gasteiger partial charge is 0.507 e. The predicted molar refractivity (Wildman–Crippen MR) is 275 cm³/mol. The number of benzene rings is 4. The molecule has 0 heterocycles. The summed E-state index contributed by atoms with van der Waals surface area (Å²) < 4.78 is 23.7. The van der Waals surface area contributed by atoms with E-state index in [0.29, 0.717) is 53.5 Å². The zero-order chi connectivity index (χ0) is 51.1. The molecule has 0 spiro atoms. The minimum Gasteiger partial charge on any atom is -0.507 e. The summed E-state index contributed by atoms with van der Waals surface area (Å²) in [5, 5.41) is 21.3. The van der Waals surface area contributed by atoms with Crippen molar-refractivity contribution >= 4 is 35.0 Å². The summed E-state index contributed by atoms with van der Waals surface area (Å²) >= 11 is 0. The molecule has 0 bridgehead atoms. The molecular formula is C61H71NO9. The molecule has 7 rings (SSSR count). The number of ether oxygens (including phenoxy) is 4. The van der Waals surface area contributed by atoms with Crippen molar-refractivity contribution in [2.45, 2.75) is 124 Å². The molecule has 4 aromatic carbocycles. The number of hydrogen-bond acceptors (Lipinski definition) is 10. The van der Waals surface area contributed by atoms with Crippen molar-refractivity contribution in [3.05, 3.63) is 149 Å². The zero-order valence-electron chi connectivity index (χ0n) is 42.7. The first-order chi connectivity index (χ1) is 33.8. The van der Waals surface area contributed by atoms with Crippen LogP contribution in [0.25, 0.3) is 11.3 Å². The molecule has 3 fully saturated rings. The van der Waals surface area contributed by atoms with Crippen molar-refractivity contribution in [2.75, 3.05) is 13.7 Å². The minimum atomic E-state index is -0.655. The first-order valence-electron chi connectivity index (χ1n) is 25.4. The lowest BCUT2D eigenvalue weighted by Gasteiger charge is -2.59. The van der Waals surface area contributed by atoms with Gasteiger partial charge in [0.25, 0.3) is 0 Å². The van der Waals surface area contributed by atoms with Crippen LogP contribution in [0.1, 0.15) is 139 Å². The molecule has 4 aromatic rings. The van der Waals surface area contributed by atoms with Crippen molar-refractivity contribution in [3.63, 3.8) is 0 Å². The Kier molecular flexibility index (Phi) is 16.4. The number of rotatable bonds is 17. The van der Waals surface area contributed by atoms with E-state index in [4.69, 9.17) is 18.9 Å². The summed E-state index contributed by atoms with van der Waals surface area (Å²) in [4.78, 5) is 53.1. The number of aliphatic hydroxyl groups is 1. The van der Waals surface area contributed by atoms with Crippen LogP contribution in [0.3, 0.4) is 0 Å². The Morgan fingerprint density at radius 2 is 1.39 bits per heavy atom. The lowest BCUT2D eigenvalue weighted by atomic mass is 9.47. The van der Waals surface area contributed by atoms with Crippen LogP contribution in [0.5, 0.6) is 5.75 Å². The maximum absolute atomic E-state index is 14.1. The molecule has 71 heavy (non-hydrogen) atoms. The second-order valence-corrected chi connectivity index (χ2v) is 21.9. The van der Waals surface area contributed by atoms with Crippen LogP contribution >= 0.6 is 0 Å². The van der Waals surface area contributed by atoms with Gasteiger partial charge in [0.05, 0.1) is 13.2 Å². The van der Waals surface area contributed by atoms with Gasteiger partial charge in [0, 0.05) is 35.1 Å². The Hall–Kier alpha value is -6.47. The number of aliphatic hydroxyl groups excluding tert-OH is 1. The SMILES string of the molecule is COC(=O)CCC(C)C1CC[C@H]2[C@@H]3C(CCC12C)C(C)(CC(C)OC(=O)C(C#N)=C(c1ccccc1)c1ccccc1)CC[C@@H]3OC(=O)COc1ccc(C(O)=CC(=O)c2ccc(C(C)(C)C)cc2)cc1. The number of ketones is 1. The Labute approximate surface area is 420 Å². The van der Waals surface area contributed by atoms with Gasteiger partial charge in [-0.05, 0) is 139 Å². The lowest BCUT2D eigenvalue weighted by Crippen LogP contribution is -2.55. The van der Waals surface area contributed by atoms with Gasteiger partial charge in [-0.15, -0.1) is 0 Å². The van der Waals surface area contributed by atoms with E-state index < -0.39 is 18.0 Å². The molecule has 3 aliphatic rings. The summed E-state index contributed by atoms with van der Waals surface area (Å²) in [6.07, 6.45) is 7.36. The number of esters is 3. The van der Waals surface area contributed by atoms with Crippen molar-refractivity contribution < 1.29 is 43.2 Å². The Balaban J connectivity index is 1.06. The summed E-state index contributed by atoms with van der Waals surface area (Å²) in [7, 11) is 1.43. The third kappa shape index (κ3) is 12.0. The fourth-order valence-electron chi connectivity index (χ4n) is 12.7. The van der Waals surface area contributed by atoms with Gasteiger partial charge in [0.15, 0.2) is 12.4 Å². The third-order valence-corrected chi connectivity index (χ3v) is 16.3. The maximum atomic E-state index is 14.1. The molecule has 0 radical (unpaired) electrons. The average Bonchev–Trinajstić information content (AvgIpc) is 3.72. The van der Waals surface area contributed by atoms with E-state index in [1.165, 1.54) is 13.2 Å². The topological polar surface area (TPSA) is 149 Å². The van der Waals surface area contributed by atoms with Crippen molar-refractivity contribution in [3.8, 4) is 11.8 Å². The summed E-state index contributed by atoms with van der Waals surface area (Å²) in [6, 6.07) is 35.1. The van der Waals surface area contributed by atoms with Gasteiger partial charge in [-0.1, -0.05) is 126 Å². The van der Waals surface area contributed by atoms with Gasteiger partial charge in [0.2, 0.25) is 0 Å². The number of methoxy groups -OCH3 is 1. The number of fused-ring (bicyclic) bond motifs is 3. The van der Waals surface area contributed by atoms with E-state index in [0.717, 1.165) is 55.2 Å². The lowest BCUT2D eigenvalue weighted by molar-refractivity contribution is -0.180. The molecule has 0 amide bonds. The fraction of sp³-hybridized carbons (Fsp3) is 0.459. The van der Waals surface area contributed by atoms with Crippen LogP contribution in [0.4, 0.5) is 0 Å². The molecule has 1 N–H and O–H groups in total. The minimum absolute atomic E-state index is 0.0325. The number of nitrogens with zero attached hydrogens (tertiary/aromatic N) is 1. The van der Waals surface area contributed by atoms with Crippen LogP contribution < -0.4 is 4.74 Å². The first-order valence-corrected chi connectivity index (χ1v) is 25.4. The van der Waals surface area contributed by atoms with E-state index in [2.05, 4.69) is 47.6 Å². The van der Waals surface area contributed by atoms with Crippen LogP contribution in [-0.2, 0) is 34.0 Å². The molecule has 10 nitrogen and oxygen atoms in total.